The minimum Gasteiger partial charge on any atom is -0.390 e. The van der Waals surface area contributed by atoms with Gasteiger partial charge >= 0.3 is 0 Å². The summed E-state index contributed by atoms with van der Waals surface area (Å²) in [4.78, 5) is 4.05. The van der Waals surface area contributed by atoms with Crippen LogP contribution >= 0.6 is 23.2 Å². The lowest BCUT2D eigenvalue weighted by atomic mass is 9.73. The van der Waals surface area contributed by atoms with Crippen molar-refractivity contribution in [1.29, 1.82) is 0 Å². The van der Waals surface area contributed by atoms with Crippen molar-refractivity contribution in [3.8, 4) is 0 Å². The summed E-state index contributed by atoms with van der Waals surface area (Å²) in [6.45, 7) is 3.51. The molecule has 2 aromatic rings. The Bertz CT molecular complexity index is 634. The smallest absolute Gasteiger partial charge is 0.123 e. The highest BCUT2D eigenvalue weighted by molar-refractivity contribution is 6.35. The first kappa shape index (κ1) is 17.2. The van der Waals surface area contributed by atoms with Gasteiger partial charge in [-0.3, -0.25) is 4.98 Å². The zero-order valence-corrected chi connectivity index (χ0v) is 14.0. The van der Waals surface area contributed by atoms with Gasteiger partial charge in [0.25, 0.3) is 0 Å². The Hall–Kier alpha value is -1.13. The van der Waals surface area contributed by atoms with Crippen LogP contribution in [0.5, 0.6) is 0 Å². The standard InChI is InChI=1S/C17H19Cl2NO2/c1-3-15(14-7-6-13(18)9-16(14)19)17(22,11(2)21)12-5-4-8-20-10-12/h4-11,15,21-22H,3H2,1-2H3. The van der Waals surface area contributed by atoms with Crippen molar-refractivity contribution in [3.05, 3.63) is 63.9 Å². The van der Waals surface area contributed by atoms with Crippen LogP contribution in [0.25, 0.3) is 0 Å². The summed E-state index contributed by atoms with van der Waals surface area (Å²) in [5, 5.41) is 22.6. The maximum atomic E-state index is 11.3. The molecule has 0 radical (unpaired) electrons. The Labute approximate surface area is 140 Å². The van der Waals surface area contributed by atoms with E-state index >= 15 is 0 Å². The molecule has 0 fully saturated rings. The third kappa shape index (κ3) is 3.13. The normalized spacial score (nSPS) is 16.8. The number of pyridine rings is 1. The van der Waals surface area contributed by atoms with Gasteiger partial charge in [0.15, 0.2) is 0 Å². The minimum atomic E-state index is -1.49. The SMILES string of the molecule is CCC(c1ccc(Cl)cc1Cl)C(O)(c1cccnc1)C(C)O. The molecule has 0 aliphatic heterocycles. The molecular weight excluding hydrogens is 321 g/mol. The van der Waals surface area contributed by atoms with Gasteiger partial charge in [-0.15, -0.1) is 0 Å². The lowest BCUT2D eigenvalue weighted by Crippen LogP contribution is -2.43. The lowest BCUT2D eigenvalue weighted by Gasteiger charge is -2.39. The molecule has 0 spiro atoms. The van der Waals surface area contributed by atoms with E-state index in [2.05, 4.69) is 4.98 Å². The Morgan fingerprint density at radius 1 is 1.27 bits per heavy atom. The second-order valence-electron chi connectivity index (χ2n) is 5.37. The number of benzene rings is 1. The van der Waals surface area contributed by atoms with Crippen LogP contribution in [0, 0.1) is 0 Å². The number of aliphatic hydroxyl groups excluding tert-OH is 1. The van der Waals surface area contributed by atoms with E-state index in [9.17, 15) is 10.2 Å². The van der Waals surface area contributed by atoms with Crippen LogP contribution in [-0.4, -0.2) is 21.3 Å². The van der Waals surface area contributed by atoms with Crippen LogP contribution in [0.15, 0.2) is 42.7 Å². The van der Waals surface area contributed by atoms with Crippen LogP contribution in [0.1, 0.15) is 37.3 Å². The molecule has 1 aromatic carbocycles. The van der Waals surface area contributed by atoms with Crippen LogP contribution in [0.4, 0.5) is 0 Å². The lowest BCUT2D eigenvalue weighted by molar-refractivity contribution is -0.0925. The highest BCUT2D eigenvalue weighted by atomic mass is 35.5. The fourth-order valence-corrected chi connectivity index (χ4v) is 3.43. The molecule has 0 aliphatic carbocycles. The average molecular weight is 340 g/mol. The van der Waals surface area contributed by atoms with Gasteiger partial charge in [0.2, 0.25) is 0 Å². The number of nitrogens with zero attached hydrogens (tertiary/aromatic N) is 1. The zero-order valence-electron chi connectivity index (χ0n) is 12.5. The van der Waals surface area contributed by atoms with E-state index in [0.29, 0.717) is 22.0 Å². The second-order valence-corrected chi connectivity index (χ2v) is 6.21. The minimum absolute atomic E-state index is 0.388. The van der Waals surface area contributed by atoms with Gasteiger partial charge < -0.3 is 10.2 Å². The Morgan fingerprint density at radius 3 is 2.50 bits per heavy atom. The maximum absolute atomic E-state index is 11.3. The molecule has 118 valence electrons. The first-order chi connectivity index (χ1) is 10.4. The maximum Gasteiger partial charge on any atom is 0.123 e. The molecule has 3 nitrogen and oxygen atoms in total. The van der Waals surface area contributed by atoms with Gasteiger partial charge in [-0.25, -0.2) is 0 Å². The number of hydrogen-bond donors (Lipinski definition) is 2. The second kappa shape index (κ2) is 6.97. The van der Waals surface area contributed by atoms with Crippen molar-refractivity contribution >= 4 is 23.2 Å². The Morgan fingerprint density at radius 2 is 2.00 bits per heavy atom. The topological polar surface area (TPSA) is 53.4 Å². The fourth-order valence-electron chi connectivity index (χ4n) is 2.89. The molecule has 2 rings (SSSR count). The highest BCUT2D eigenvalue weighted by Crippen LogP contribution is 2.44. The first-order valence-electron chi connectivity index (χ1n) is 7.17. The highest BCUT2D eigenvalue weighted by Gasteiger charge is 2.43. The van der Waals surface area contributed by atoms with E-state index < -0.39 is 11.7 Å². The third-order valence-electron chi connectivity index (χ3n) is 4.04. The molecule has 1 aromatic heterocycles. The fraction of sp³-hybridized carbons (Fsp3) is 0.353. The molecule has 1 heterocycles. The van der Waals surface area contributed by atoms with Crippen LogP contribution in [0.3, 0.4) is 0 Å². The summed E-state index contributed by atoms with van der Waals surface area (Å²) >= 11 is 12.3. The van der Waals surface area contributed by atoms with Crippen LogP contribution < -0.4 is 0 Å². The van der Waals surface area contributed by atoms with Crippen molar-refractivity contribution in [2.75, 3.05) is 0 Å². The number of rotatable bonds is 5. The molecule has 5 heteroatoms. The first-order valence-corrected chi connectivity index (χ1v) is 7.92. The average Bonchev–Trinajstić information content (AvgIpc) is 2.50. The van der Waals surface area contributed by atoms with Crippen molar-refractivity contribution in [2.45, 2.75) is 37.9 Å². The summed E-state index contributed by atoms with van der Waals surface area (Å²) in [6, 6.07) is 8.66. The van der Waals surface area contributed by atoms with Gasteiger partial charge in [-0.05, 0) is 37.1 Å². The number of aromatic nitrogens is 1. The summed E-state index contributed by atoms with van der Waals surface area (Å²) in [5.41, 5.74) is -0.177. The van der Waals surface area contributed by atoms with E-state index in [-0.39, 0.29) is 5.92 Å². The molecule has 0 amide bonds. The van der Waals surface area contributed by atoms with Crippen molar-refractivity contribution < 1.29 is 10.2 Å². The predicted molar refractivity (Wildman–Crippen MR) is 89.3 cm³/mol. The van der Waals surface area contributed by atoms with Gasteiger partial charge in [0, 0.05) is 33.9 Å². The van der Waals surface area contributed by atoms with Crippen molar-refractivity contribution in [3.63, 3.8) is 0 Å². The Kier molecular flexibility index (Phi) is 5.45. The monoisotopic (exact) mass is 339 g/mol. The molecule has 2 N–H and O–H groups in total. The largest absolute Gasteiger partial charge is 0.390 e. The molecule has 3 unspecified atom stereocenters. The summed E-state index contributed by atoms with van der Waals surface area (Å²) in [7, 11) is 0. The van der Waals surface area contributed by atoms with E-state index in [1.54, 1.807) is 49.6 Å². The number of hydrogen-bond acceptors (Lipinski definition) is 3. The quantitative estimate of drug-likeness (QED) is 0.860. The molecule has 0 saturated heterocycles. The van der Waals surface area contributed by atoms with E-state index in [4.69, 9.17) is 23.2 Å². The summed E-state index contributed by atoms with van der Waals surface area (Å²) in [6.07, 6.45) is 2.80. The van der Waals surface area contributed by atoms with Gasteiger partial charge in [0.1, 0.15) is 5.60 Å². The van der Waals surface area contributed by atoms with Crippen LogP contribution in [-0.2, 0) is 5.60 Å². The number of aliphatic hydroxyl groups is 2. The van der Waals surface area contributed by atoms with Crippen molar-refractivity contribution in [2.24, 2.45) is 0 Å². The summed E-state index contributed by atoms with van der Waals surface area (Å²) < 4.78 is 0. The number of halogens is 2. The van der Waals surface area contributed by atoms with Crippen molar-refractivity contribution in [1.82, 2.24) is 4.98 Å². The molecule has 0 bridgehead atoms. The van der Waals surface area contributed by atoms with Gasteiger partial charge in [0.05, 0.1) is 6.10 Å². The van der Waals surface area contributed by atoms with E-state index in [1.165, 1.54) is 0 Å². The van der Waals surface area contributed by atoms with Gasteiger partial charge in [-0.1, -0.05) is 42.3 Å². The molecule has 0 aliphatic rings. The van der Waals surface area contributed by atoms with E-state index in [1.807, 2.05) is 6.92 Å². The molecule has 3 atom stereocenters. The molecule has 22 heavy (non-hydrogen) atoms. The Balaban J connectivity index is 2.58. The molecule has 0 saturated carbocycles. The van der Waals surface area contributed by atoms with Crippen LogP contribution in [0.2, 0.25) is 10.0 Å². The summed E-state index contributed by atoms with van der Waals surface area (Å²) in [5.74, 6) is -0.388. The van der Waals surface area contributed by atoms with Gasteiger partial charge in [-0.2, -0.15) is 0 Å². The van der Waals surface area contributed by atoms with E-state index in [0.717, 1.165) is 5.56 Å². The zero-order chi connectivity index (χ0) is 16.3. The molecular formula is C17H19Cl2NO2. The predicted octanol–water partition coefficient (Wildman–Crippen LogP) is 4.15. The third-order valence-corrected chi connectivity index (χ3v) is 4.60.